The lowest BCUT2D eigenvalue weighted by Gasteiger charge is -2.30. The van der Waals surface area contributed by atoms with Crippen LogP contribution in [-0.4, -0.2) is 33.3 Å². The molecule has 0 heterocycles. The van der Waals surface area contributed by atoms with E-state index in [4.69, 9.17) is 4.74 Å². The number of para-hydroxylation sites is 2. The zero-order valence-corrected chi connectivity index (χ0v) is 11.4. The van der Waals surface area contributed by atoms with Crippen molar-refractivity contribution in [2.45, 2.75) is 26.3 Å². The molecule has 1 rings (SSSR count). The van der Waals surface area contributed by atoms with Gasteiger partial charge in [-0.3, -0.25) is 0 Å². The standard InChI is InChI=1S/C14H24N2O/c1-5-12(11-15-6-2)16(3)13-9-7-8-10-14(13)17-4/h7-10,12,15H,5-6,11H2,1-4H3. The van der Waals surface area contributed by atoms with Crippen LogP contribution >= 0.6 is 0 Å². The zero-order valence-electron chi connectivity index (χ0n) is 11.4. The van der Waals surface area contributed by atoms with Crippen LogP contribution in [0.25, 0.3) is 0 Å². The van der Waals surface area contributed by atoms with Crippen LogP contribution in [-0.2, 0) is 0 Å². The fraction of sp³-hybridized carbons (Fsp3) is 0.571. The molecule has 1 N–H and O–H groups in total. The highest BCUT2D eigenvalue weighted by atomic mass is 16.5. The molecule has 1 unspecified atom stereocenters. The molecule has 17 heavy (non-hydrogen) atoms. The van der Waals surface area contributed by atoms with Crippen LogP contribution in [0.2, 0.25) is 0 Å². The van der Waals surface area contributed by atoms with Gasteiger partial charge in [0.15, 0.2) is 0 Å². The molecule has 0 spiro atoms. The van der Waals surface area contributed by atoms with Gasteiger partial charge in [-0.1, -0.05) is 26.0 Å². The van der Waals surface area contributed by atoms with E-state index < -0.39 is 0 Å². The summed E-state index contributed by atoms with van der Waals surface area (Å²) in [5.74, 6) is 0.935. The normalized spacial score (nSPS) is 12.2. The molecule has 3 nitrogen and oxygen atoms in total. The molecular formula is C14H24N2O. The summed E-state index contributed by atoms with van der Waals surface area (Å²) in [4.78, 5) is 2.29. The number of nitrogens with one attached hydrogen (secondary N) is 1. The second-order valence-corrected chi connectivity index (χ2v) is 4.15. The van der Waals surface area contributed by atoms with Gasteiger partial charge < -0.3 is 15.0 Å². The Morgan fingerprint density at radius 3 is 2.59 bits per heavy atom. The van der Waals surface area contributed by atoms with E-state index in [2.05, 4.69) is 37.2 Å². The molecule has 0 aliphatic carbocycles. The Kier molecular flexibility index (Phi) is 5.84. The first kappa shape index (κ1) is 13.8. The van der Waals surface area contributed by atoms with Gasteiger partial charge in [-0.05, 0) is 25.1 Å². The molecule has 1 aromatic rings. The van der Waals surface area contributed by atoms with E-state index in [9.17, 15) is 0 Å². The molecule has 0 bridgehead atoms. The second-order valence-electron chi connectivity index (χ2n) is 4.15. The molecule has 1 aromatic carbocycles. The Balaban J connectivity index is 2.81. The van der Waals surface area contributed by atoms with Crippen LogP contribution in [0.1, 0.15) is 20.3 Å². The van der Waals surface area contributed by atoms with Gasteiger partial charge in [-0.25, -0.2) is 0 Å². The molecule has 0 saturated heterocycles. The van der Waals surface area contributed by atoms with Crippen molar-refractivity contribution in [1.29, 1.82) is 0 Å². The Hall–Kier alpha value is -1.22. The van der Waals surface area contributed by atoms with Gasteiger partial charge in [-0.15, -0.1) is 0 Å². The minimum absolute atomic E-state index is 0.492. The maximum Gasteiger partial charge on any atom is 0.142 e. The van der Waals surface area contributed by atoms with Crippen molar-refractivity contribution in [1.82, 2.24) is 5.32 Å². The van der Waals surface area contributed by atoms with Crippen LogP contribution in [0.3, 0.4) is 0 Å². The average Bonchev–Trinajstić information content (AvgIpc) is 2.39. The van der Waals surface area contributed by atoms with Crippen molar-refractivity contribution in [3.8, 4) is 5.75 Å². The summed E-state index contributed by atoms with van der Waals surface area (Å²) in [6.45, 7) is 6.36. The molecule has 0 aliphatic heterocycles. The molecule has 0 fully saturated rings. The number of methoxy groups -OCH3 is 1. The third-order valence-electron chi connectivity index (χ3n) is 3.11. The Morgan fingerprint density at radius 1 is 1.29 bits per heavy atom. The summed E-state index contributed by atoms with van der Waals surface area (Å²) in [7, 11) is 3.85. The number of likely N-dealkylation sites (N-methyl/N-ethyl adjacent to an activating group) is 2. The topological polar surface area (TPSA) is 24.5 Å². The van der Waals surface area contributed by atoms with Crippen molar-refractivity contribution in [2.75, 3.05) is 32.1 Å². The number of nitrogens with zero attached hydrogens (tertiary/aromatic N) is 1. The fourth-order valence-corrected chi connectivity index (χ4v) is 1.98. The monoisotopic (exact) mass is 236 g/mol. The highest BCUT2D eigenvalue weighted by Crippen LogP contribution is 2.28. The van der Waals surface area contributed by atoms with Crippen molar-refractivity contribution >= 4 is 5.69 Å². The lowest BCUT2D eigenvalue weighted by molar-refractivity contribution is 0.412. The lowest BCUT2D eigenvalue weighted by atomic mass is 10.1. The second kappa shape index (κ2) is 7.17. The van der Waals surface area contributed by atoms with Gasteiger partial charge in [0.1, 0.15) is 5.75 Å². The van der Waals surface area contributed by atoms with Crippen LogP contribution < -0.4 is 15.0 Å². The lowest BCUT2D eigenvalue weighted by Crippen LogP contribution is -2.39. The third-order valence-corrected chi connectivity index (χ3v) is 3.11. The van der Waals surface area contributed by atoms with Gasteiger partial charge in [0.25, 0.3) is 0 Å². The predicted molar refractivity (Wildman–Crippen MR) is 74.0 cm³/mol. The molecule has 0 radical (unpaired) electrons. The van der Waals surface area contributed by atoms with E-state index in [-0.39, 0.29) is 0 Å². The van der Waals surface area contributed by atoms with Crippen LogP contribution in [0.15, 0.2) is 24.3 Å². The Labute approximate surface area is 105 Å². The molecule has 3 heteroatoms. The summed E-state index contributed by atoms with van der Waals surface area (Å²) in [6.07, 6.45) is 1.11. The number of hydrogen-bond donors (Lipinski definition) is 1. The number of anilines is 1. The third kappa shape index (κ3) is 3.63. The first-order valence-corrected chi connectivity index (χ1v) is 6.31. The molecule has 0 aromatic heterocycles. The van der Waals surface area contributed by atoms with E-state index in [1.165, 1.54) is 0 Å². The fourth-order valence-electron chi connectivity index (χ4n) is 1.98. The smallest absolute Gasteiger partial charge is 0.142 e. The molecule has 0 aliphatic rings. The summed E-state index contributed by atoms with van der Waals surface area (Å²) in [5, 5.41) is 3.40. The SMILES string of the molecule is CCNCC(CC)N(C)c1ccccc1OC. The van der Waals surface area contributed by atoms with E-state index in [0.717, 1.165) is 30.9 Å². The first-order chi connectivity index (χ1) is 8.24. The minimum Gasteiger partial charge on any atom is -0.495 e. The minimum atomic E-state index is 0.492. The maximum atomic E-state index is 5.40. The van der Waals surface area contributed by atoms with Crippen molar-refractivity contribution in [3.63, 3.8) is 0 Å². The molecule has 96 valence electrons. The largest absolute Gasteiger partial charge is 0.495 e. The molecular weight excluding hydrogens is 212 g/mol. The Morgan fingerprint density at radius 2 is 2.00 bits per heavy atom. The van der Waals surface area contributed by atoms with Crippen molar-refractivity contribution in [2.24, 2.45) is 0 Å². The highest BCUT2D eigenvalue weighted by molar-refractivity contribution is 5.58. The molecule has 0 amide bonds. The van der Waals surface area contributed by atoms with Crippen LogP contribution in [0.5, 0.6) is 5.75 Å². The van der Waals surface area contributed by atoms with Crippen LogP contribution in [0, 0.1) is 0 Å². The molecule has 1 atom stereocenters. The molecule has 0 saturated carbocycles. The van der Waals surface area contributed by atoms with Crippen LogP contribution in [0.4, 0.5) is 5.69 Å². The van der Waals surface area contributed by atoms with E-state index >= 15 is 0 Å². The highest BCUT2D eigenvalue weighted by Gasteiger charge is 2.15. The van der Waals surface area contributed by atoms with E-state index in [1.807, 2.05) is 18.2 Å². The van der Waals surface area contributed by atoms with E-state index in [1.54, 1.807) is 7.11 Å². The van der Waals surface area contributed by atoms with Gasteiger partial charge in [0.2, 0.25) is 0 Å². The Bertz CT molecular complexity index is 328. The number of rotatable bonds is 7. The maximum absolute atomic E-state index is 5.40. The summed E-state index contributed by atoms with van der Waals surface area (Å²) < 4.78 is 5.40. The average molecular weight is 236 g/mol. The van der Waals surface area contributed by atoms with Crippen molar-refractivity contribution in [3.05, 3.63) is 24.3 Å². The number of ether oxygens (including phenoxy) is 1. The number of hydrogen-bond acceptors (Lipinski definition) is 3. The van der Waals surface area contributed by atoms with Crippen molar-refractivity contribution < 1.29 is 4.74 Å². The quantitative estimate of drug-likeness (QED) is 0.787. The predicted octanol–water partition coefficient (Wildman–Crippen LogP) is 2.52. The summed E-state index contributed by atoms with van der Waals surface area (Å²) >= 11 is 0. The van der Waals surface area contributed by atoms with Gasteiger partial charge in [0, 0.05) is 19.6 Å². The number of benzene rings is 1. The van der Waals surface area contributed by atoms with Gasteiger partial charge in [0.05, 0.1) is 12.8 Å². The summed E-state index contributed by atoms with van der Waals surface area (Å²) in [5.41, 5.74) is 1.15. The van der Waals surface area contributed by atoms with Gasteiger partial charge >= 0.3 is 0 Å². The summed E-state index contributed by atoms with van der Waals surface area (Å²) in [6, 6.07) is 8.65. The first-order valence-electron chi connectivity index (χ1n) is 6.31. The van der Waals surface area contributed by atoms with Gasteiger partial charge in [-0.2, -0.15) is 0 Å². The van der Waals surface area contributed by atoms with E-state index in [0.29, 0.717) is 6.04 Å². The zero-order chi connectivity index (χ0) is 12.7.